The number of rotatable bonds is 7. The molecule has 4 aliphatic heterocycles. The zero-order valence-corrected chi connectivity index (χ0v) is 25.2. The van der Waals surface area contributed by atoms with Crippen LogP contribution in [-0.2, 0) is 9.59 Å². The van der Waals surface area contributed by atoms with Crippen LogP contribution in [0.5, 0.6) is 0 Å². The van der Waals surface area contributed by atoms with Crippen molar-refractivity contribution >= 4 is 35.2 Å². The quantitative estimate of drug-likeness (QED) is 0.476. The second kappa shape index (κ2) is 16.4. The van der Waals surface area contributed by atoms with Gasteiger partial charge in [-0.3, -0.25) is 24.5 Å². The van der Waals surface area contributed by atoms with Gasteiger partial charge in [-0.05, 0) is 51.3 Å². The van der Waals surface area contributed by atoms with Gasteiger partial charge < -0.3 is 10.2 Å². The van der Waals surface area contributed by atoms with Crippen LogP contribution in [0.25, 0.3) is 0 Å². The van der Waals surface area contributed by atoms with Crippen molar-refractivity contribution in [3.63, 3.8) is 0 Å². The van der Waals surface area contributed by atoms with E-state index in [0.717, 1.165) is 94.1 Å². The summed E-state index contributed by atoms with van der Waals surface area (Å²) >= 11 is 1.86. The lowest BCUT2D eigenvalue weighted by Gasteiger charge is -2.29. The fraction of sp³-hybridized carbons (Fsp3) is 0.857. The zero-order chi connectivity index (χ0) is 27.2. The Labute approximate surface area is 225 Å². The van der Waals surface area contributed by atoms with Gasteiger partial charge in [0.1, 0.15) is 11.7 Å². The minimum absolute atomic E-state index is 0.186. The molecule has 0 bridgehead atoms. The Bertz CT molecular complexity index is 740. The number of amidine groups is 2. The normalized spacial score (nSPS) is 26.7. The third kappa shape index (κ3) is 7.56. The molecule has 4 rings (SSSR count). The van der Waals surface area contributed by atoms with Crippen LogP contribution >= 0.6 is 11.8 Å². The molecule has 1 N–H and O–H groups in total. The first-order chi connectivity index (χ1) is 17.4. The second-order valence-corrected chi connectivity index (χ2v) is 10.4. The van der Waals surface area contributed by atoms with E-state index in [1.807, 2.05) is 58.3 Å². The molecule has 2 atom stereocenters. The Hall–Kier alpha value is -1.41. The maximum atomic E-state index is 12.3. The number of hydrogen-bond acceptors (Lipinski definition) is 6. The zero-order valence-electron chi connectivity index (χ0n) is 24.4. The van der Waals surface area contributed by atoms with Crippen molar-refractivity contribution in [2.45, 2.75) is 117 Å². The molecule has 0 aliphatic carbocycles. The second-order valence-electron chi connectivity index (χ2n) is 9.32. The standard InChI is InChI=1S/C12H21N3O.C12H20N2OS.2C2H6/c1-3-4-6-10-14-12(11(16)15(10)2)7-5-8-13-9-12;1-3-5-6-10-13-12(7-8-16-9-12)11(15)14(10)4-2;2*1-2/h13H,3-9H2,1-2H3;3-9H2,1-2H3;2*1-2H3. The summed E-state index contributed by atoms with van der Waals surface area (Å²) in [6.45, 7) is 16.9. The minimum atomic E-state index is -0.462. The maximum Gasteiger partial charge on any atom is 0.256 e. The summed E-state index contributed by atoms with van der Waals surface area (Å²) in [5.74, 6) is 4.43. The van der Waals surface area contributed by atoms with Crippen LogP contribution in [0.3, 0.4) is 0 Å². The monoisotopic (exact) mass is 523 g/mol. The van der Waals surface area contributed by atoms with E-state index in [1.165, 1.54) is 0 Å². The third-order valence-electron chi connectivity index (χ3n) is 6.92. The van der Waals surface area contributed by atoms with Gasteiger partial charge in [-0.1, -0.05) is 54.4 Å². The molecule has 0 saturated carbocycles. The predicted octanol–water partition coefficient (Wildman–Crippen LogP) is 5.53. The van der Waals surface area contributed by atoms with Crippen LogP contribution in [0.15, 0.2) is 9.98 Å². The number of likely N-dealkylation sites (N-methyl/N-ethyl adjacent to an activating group) is 2. The van der Waals surface area contributed by atoms with Crippen molar-refractivity contribution in [2.24, 2.45) is 9.98 Å². The van der Waals surface area contributed by atoms with Gasteiger partial charge >= 0.3 is 0 Å². The largest absolute Gasteiger partial charge is 0.314 e. The van der Waals surface area contributed by atoms with Crippen LogP contribution in [0.4, 0.5) is 0 Å². The van der Waals surface area contributed by atoms with Gasteiger partial charge in [-0.15, -0.1) is 0 Å². The van der Waals surface area contributed by atoms with Crippen molar-refractivity contribution in [1.29, 1.82) is 0 Å². The van der Waals surface area contributed by atoms with Gasteiger partial charge in [0, 0.05) is 38.7 Å². The van der Waals surface area contributed by atoms with E-state index < -0.39 is 5.54 Å². The predicted molar refractivity (Wildman–Crippen MR) is 156 cm³/mol. The summed E-state index contributed by atoms with van der Waals surface area (Å²) in [6, 6.07) is 0. The average molecular weight is 524 g/mol. The fourth-order valence-corrected chi connectivity index (χ4v) is 6.21. The molecule has 8 heteroatoms. The molecule has 2 fully saturated rings. The third-order valence-corrected chi connectivity index (χ3v) is 8.09. The van der Waals surface area contributed by atoms with Gasteiger partial charge in [0.15, 0.2) is 11.1 Å². The number of nitrogens with one attached hydrogen (secondary N) is 1. The summed E-state index contributed by atoms with van der Waals surface area (Å²) in [7, 11) is 1.86. The van der Waals surface area contributed by atoms with Crippen LogP contribution < -0.4 is 5.32 Å². The van der Waals surface area contributed by atoms with E-state index in [1.54, 1.807) is 4.90 Å². The van der Waals surface area contributed by atoms with Crippen LogP contribution in [0.1, 0.15) is 106 Å². The Morgan fingerprint density at radius 2 is 1.50 bits per heavy atom. The summed E-state index contributed by atoms with van der Waals surface area (Å²) in [5, 5.41) is 3.29. The van der Waals surface area contributed by atoms with E-state index in [2.05, 4.69) is 19.2 Å². The van der Waals surface area contributed by atoms with Crippen LogP contribution in [0.2, 0.25) is 0 Å². The van der Waals surface area contributed by atoms with Gasteiger partial charge in [0.25, 0.3) is 11.8 Å². The Kier molecular flexibility index (Phi) is 14.9. The number of thioether (sulfide) groups is 1. The number of piperidine rings is 1. The fourth-order valence-electron chi connectivity index (χ4n) is 4.91. The van der Waals surface area contributed by atoms with Gasteiger partial charge in [-0.25, -0.2) is 0 Å². The lowest BCUT2D eigenvalue weighted by Crippen LogP contribution is -2.51. The summed E-state index contributed by atoms with van der Waals surface area (Å²) in [5.41, 5.74) is -0.834. The Morgan fingerprint density at radius 3 is 2.00 bits per heavy atom. The number of nitrogens with zero attached hydrogens (tertiary/aromatic N) is 4. The highest BCUT2D eigenvalue weighted by atomic mass is 32.2. The Morgan fingerprint density at radius 1 is 0.889 bits per heavy atom. The molecule has 0 aromatic rings. The molecule has 2 saturated heterocycles. The smallest absolute Gasteiger partial charge is 0.256 e. The summed E-state index contributed by atoms with van der Waals surface area (Å²) in [4.78, 5) is 37.7. The molecule has 0 aromatic heterocycles. The highest BCUT2D eigenvalue weighted by Crippen LogP contribution is 2.37. The van der Waals surface area contributed by atoms with Crippen LogP contribution in [0, 0.1) is 0 Å². The molecular formula is C28H53N5O2S. The molecule has 0 aromatic carbocycles. The van der Waals surface area contributed by atoms with E-state index >= 15 is 0 Å². The van der Waals surface area contributed by atoms with Crippen molar-refractivity contribution in [3.8, 4) is 0 Å². The lowest BCUT2D eigenvalue weighted by molar-refractivity contribution is -0.131. The molecular weight excluding hydrogens is 470 g/mol. The maximum absolute atomic E-state index is 12.3. The minimum Gasteiger partial charge on any atom is -0.314 e. The molecule has 0 radical (unpaired) electrons. The van der Waals surface area contributed by atoms with Gasteiger partial charge in [0.05, 0.1) is 0 Å². The van der Waals surface area contributed by atoms with Gasteiger partial charge in [0.2, 0.25) is 0 Å². The number of carbonyl (C=O) groups excluding carboxylic acids is 2. The summed E-state index contributed by atoms with van der Waals surface area (Å²) < 4.78 is 0. The van der Waals surface area contributed by atoms with E-state index in [0.29, 0.717) is 6.54 Å². The highest BCUT2D eigenvalue weighted by Gasteiger charge is 2.49. The van der Waals surface area contributed by atoms with Crippen molar-refractivity contribution in [3.05, 3.63) is 0 Å². The number of unbranched alkanes of at least 4 members (excludes halogenated alkanes) is 2. The van der Waals surface area contributed by atoms with Crippen molar-refractivity contribution in [2.75, 3.05) is 38.2 Å². The number of amides is 2. The number of aliphatic imine (C=N–C) groups is 2. The van der Waals surface area contributed by atoms with E-state index in [-0.39, 0.29) is 17.4 Å². The van der Waals surface area contributed by atoms with E-state index in [9.17, 15) is 9.59 Å². The first-order valence-electron chi connectivity index (χ1n) is 14.5. The molecule has 208 valence electrons. The average Bonchev–Trinajstić information content (AvgIpc) is 3.57. The molecule has 2 spiro atoms. The lowest BCUT2D eigenvalue weighted by atomic mass is 9.90. The van der Waals surface area contributed by atoms with Crippen molar-refractivity contribution in [1.82, 2.24) is 15.1 Å². The SMILES string of the molecule is CC.CC.CCCCC1=NC2(CCCNC2)C(=O)N1C.CCCCC1=NC2(CCSC2)C(=O)N1CC. The Balaban J connectivity index is 0.000000317. The first-order valence-corrected chi connectivity index (χ1v) is 15.6. The van der Waals surface area contributed by atoms with E-state index in [4.69, 9.17) is 9.98 Å². The number of carbonyl (C=O) groups is 2. The summed E-state index contributed by atoms with van der Waals surface area (Å²) in [6.07, 6.45) is 9.32. The number of hydrogen-bond donors (Lipinski definition) is 1. The van der Waals surface area contributed by atoms with Crippen molar-refractivity contribution < 1.29 is 9.59 Å². The first kappa shape index (κ1) is 32.6. The van der Waals surface area contributed by atoms with Gasteiger partial charge in [-0.2, -0.15) is 11.8 Å². The molecule has 2 amide bonds. The molecule has 2 unspecified atom stereocenters. The molecule has 4 heterocycles. The topological polar surface area (TPSA) is 77.4 Å². The molecule has 7 nitrogen and oxygen atoms in total. The highest BCUT2D eigenvalue weighted by molar-refractivity contribution is 7.99. The molecule has 4 aliphatic rings. The molecule has 36 heavy (non-hydrogen) atoms. The van der Waals surface area contributed by atoms with Crippen LogP contribution in [-0.4, -0.2) is 82.6 Å².